The monoisotopic (exact) mass is 198 g/mol. The van der Waals surface area contributed by atoms with E-state index in [1.165, 1.54) is 0 Å². The summed E-state index contributed by atoms with van der Waals surface area (Å²) in [6.45, 7) is -0.168. The Morgan fingerprint density at radius 2 is 1.93 bits per heavy atom. The van der Waals surface area contributed by atoms with Crippen LogP contribution >= 0.6 is 0 Å². The van der Waals surface area contributed by atoms with Gasteiger partial charge in [0, 0.05) is 6.54 Å². The molecule has 0 unspecified atom stereocenters. The Bertz CT molecular complexity index is 351. The highest BCUT2D eigenvalue weighted by Gasteiger charge is 2.09. The quantitative estimate of drug-likeness (QED) is 0.768. The molecule has 0 bridgehead atoms. The summed E-state index contributed by atoms with van der Waals surface area (Å²) in [5.41, 5.74) is -0.396. The maximum atomic E-state index is 13.1. The van der Waals surface area contributed by atoms with Crippen LogP contribution in [0.5, 0.6) is 0 Å². The average Bonchev–Trinajstić information content (AvgIpc) is 2.16. The summed E-state index contributed by atoms with van der Waals surface area (Å²) < 4.78 is 26.2. The Morgan fingerprint density at radius 3 is 2.36 bits per heavy atom. The number of nitriles is 1. The van der Waals surface area contributed by atoms with E-state index in [4.69, 9.17) is 10.4 Å². The second kappa shape index (κ2) is 4.53. The zero-order valence-corrected chi connectivity index (χ0v) is 7.22. The summed E-state index contributed by atoms with van der Waals surface area (Å²) in [6.07, 6.45) is 0. The van der Waals surface area contributed by atoms with Crippen molar-refractivity contribution in [3.05, 3.63) is 29.3 Å². The summed E-state index contributed by atoms with van der Waals surface area (Å²) in [5.74, 6) is -1.68. The Labute approximate surface area is 79.6 Å². The molecule has 1 aromatic carbocycles. The predicted molar refractivity (Wildman–Crippen MR) is 46.6 cm³/mol. The molecule has 0 aliphatic heterocycles. The summed E-state index contributed by atoms with van der Waals surface area (Å²) in [5, 5.41) is 19.2. The van der Waals surface area contributed by atoms with Gasteiger partial charge in [0.1, 0.15) is 5.69 Å². The molecule has 74 valence electrons. The lowest BCUT2D eigenvalue weighted by atomic mass is 10.2. The number of nitrogens with zero attached hydrogens (tertiary/aromatic N) is 1. The third-order valence-electron chi connectivity index (χ3n) is 1.58. The van der Waals surface area contributed by atoms with Crippen molar-refractivity contribution in [1.29, 1.82) is 5.26 Å². The number of hydrogen-bond donors (Lipinski definition) is 2. The molecule has 0 aromatic heterocycles. The van der Waals surface area contributed by atoms with Crippen molar-refractivity contribution in [2.75, 3.05) is 18.5 Å². The van der Waals surface area contributed by atoms with Crippen LogP contribution in [0.3, 0.4) is 0 Å². The minimum absolute atomic E-state index is 0.0553. The molecule has 3 nitrogen and oxygen atoms in total. The van der Waals surface area contributed by atoms with Gasteiger partial charge in [-0.05, 0) is 12.1 Å². The number of aliphatic hydroxyl groups excluding tert-OH is 1. The molecule has 0 saturated heterocycles. The van der Waals surface area contributed by atoms with Crippen LogP contribution in [0.25, 0.3) is 0 Å². The van der Waals surface area contributed by atoms with Crippen LogP contribution in [0.2, 0.25) is 0 Å². The molecule has 0 radical (unpaired) electrons. The van der Waals surface area contributed by atoms with Gasteiger partial charge in [0.05, 0.1) is 18.2 Å². The van der Waals surface area contributed by atoms with Crippen LogP contribution in [-0.2, 0) is 0 Å². The van der Waals surface area contributed by atoms with Crippen molar-refractivity contribution in [2.24, 2.45) is 0 Å². The van der Waals surface area contributed by atoms with Gasteiger partial charge in [-0.2, -0.15) is 5.26 Å². The van der Waals surface area contributed by atoms with Gasteiger partial charge in [-0.15, -0.1) is 0 Å². The fourth-order valence-corrected chi connectivity index (χ4v) is 0.987. The molecule has 14 heavy (non-hydrogen) atoms. The SMILES string of the molecule is N#Cc1cc(F)c(NCCO)c(F)c1. The third kappa shape index (κ3) is 2.18. The molecule has 0 amide bonds. The van der Waals surface area contributed by atoms with Gasteiger partial charge in [0.15, 0.2) is 11.6 Å². The molecular formula is C9H8F2N2O. The molecule has 2 N–H and O–H groups in total. The van der Waals surface area contributed by atoms with E-state index in [1.807, 2.05) is 0 Å². The first-order valence-corrected chi connectivity index (χ1v) is 3.93. The van der Waals surface area contributed by atoms with Gasteiger partial charge in [-0.25, -0.2) is 8.78 Å². The number of aliphatic hydroxyl groups is 1. The van der Waals surface area contributed by atoms with Crippen molar-refractivity contribution in [1.82, 2.24) is 0 Å². The first kappa shape index (κ1) is 10.4. The first-order chi connectivity index (χ1) is 6.69. The van der Waals surface area contributed by atoms with Crippen molar-refractivity contribution in [3.8, 4) is 6.07 Å². The highest BCUT2D eigenvalue weighted by Crippen LogP contribution is 2.19. The highest BCUT2D eigenvalue weighted by molar-refractivity contribution is 5.50. The van der Waals surface area contributed by atoms with Crippen LogP contribution in [0.4, 0.5) is 14.5 Å². The fourth-order valence-electron chi connectivity index (χ4n) is 0.987. The highest BCUT2D eigenvalue weighted by atomic mass is 19.1. The fraction of sp³-hybridized carbons (Fsp3) is 0.222. The van der Waals surface area contributed by atoms with Crippen LogP contribution < -0.4 is 5.32 Å². The zero-order valence-electron chi connectivity index (χ0n) is 7.22. The van der Waals surface area contributed by atoms with Gasteiger partial charge in [-0.3, -0.25) is 0 Å². The molecule has 1 rings (SSSR count). The lowest BCUT2D eigenvalue weighted by Gasteiger charge is -2.06. The number of halogens is 2. The standard InChI is InChI=1S/C9H8F2N2O/c10-7-3-6(5-12)4-8(11)9(7)13-1-2-14/h3-4,13-14H,1-2H2. The van der Waals surface area contributed by atoms with Crippen LogP contribution in [0, 0.1) is 23.0 Å². The second-order valence-corrected chi connectivity index (χ2v) is 2.58. The van der Waals surface area contributed by atoms with E-state index in [0.29, 0.717) is 0 Å². The van der Waals surface area contributed by atoms with Crippen LogP contribution in [0.15, 0.2) is 12.1 Å². The molecule has 1 aromatic rings. The van der Waals surface area contributed by atoms with Crippen molar-refractivity contribution in [2.45, 2.75) is 0 Å². The van der Waals surface area contributed by atoms with E-state index >= 15 is 0 Å². The number of nitrogens with one attached hydrogen (secondary N) is 1. The van der Waals surface area contributed by atoms with E-state index in [2.05, 4.69) is 5.32 Å². The van der Waals surface area contributed by atoms with E-state index in [9.17, 15) is 8.78 Å². The molecule has 0 fully saturated rings. The lowest BCUT2D eigenvalue weighted by Crippen LogP contribution is -2.09. The van der Waals surface area contributed by atoms with E-state index in [1.54, 1.807) is 6.07 Å². The van der Waals surface area contributed by atoms with E-state index < -0.39 is 11.6 Å². The predicted octanol–water partition coefficient (Wildman–Crippen LogP) is 1.24. The molecule has 5 heteroatoms. The number of hydrogen-bond acceptors (Lipinski definition) is 3. The molecule has 0 saturated carbocycles. The van der Waals surface area contributed by atoms with Gasteiger partial charge >= 0.3 is 0 Å². The average molecular weight is 198 g/mol. The van der Waals surface area contributed by atoms with Gasteiger partial charge in [-0.1, -0.05) is 0 Å². The zero-order chi connectivity index (χ0) is 10.6. The lowest BCUT2D eigenvalue weighted by molar-refractivity contribution is 0.310. The first-order valence-electron chi connectivity index (χ1n) is 3.93. The summed E-state index contributed by atoms with van der Waals surface area (Å²) in [7, 11) is 0. The Morgan fingerprint density at radius 1 is 1.36 bits per heavy atom. The van der Waals surface area contributed by atoms with Crippen LogP contribution in [-0.4, -0.2) is 18.3 Å². The molecule has 0 aliphatic carbocycles. The number of rotatable bonds is 3. The van der Waals surface area contributed by atoms with Gasteiger partial charge in [0.25, 0.3) is 0 Å². The maximum Gasteiger partial charge on any atom is 0.150 e. The Balaban J connectivity index is 3.01. The minimum Gasteiger partial charge on any atom is -0.395 e. The van der Waals surface area contributed by atoms with Gasteiger partial charge in [0.2, 0.25) is 0 Å². The second-order valence-electron chi connectivity index (χ2n) is 2.58. The largest absolute Gasteiger partial charge is 0.395 e. The Hall–Kier alpha value is -1.67. The molecule has 0 aliphatic rings. The van der Waals surface area contributed by atoms with Gasteiger partial charge < -0.3 is 10.4 Å². The Kier molecular flexibility index (Phi) is 3.37. The number of benzene rings is 1. The van der Waals surface area contributed by atoms with Crippen LogP contribution in [0.1, 0.15) is 5.56 Å². The van der Waals surface area contributed by atoms with Crippen molar-refractivity contribution < 1.29 is 13.9 Å². The number of anilines is 1. The maximum absolute atomic E-state index is 13.1. The molecule has 0 heterocycles. The molecular weight excluding hydrogens is 190 g/mol. The van der Waals surface area contributed by atoms with E-state index in [-0.39, 0.29) is 24.4 Å². The van der Waals surface area contributed by atoms with Crippen molar-refractivity contribution >= 4 is 5.69 Å². The third-order valence-corrected chi connectivity index (χ3v) is 1.58. The normalized spacial score (nSPS) is 9.57. The molecule has 0 spiro atoms. The summed E-state index contributed by atoms with van der Waals surface area (Å²) in [6, 6.07) is 3.50. The van der Waals surface area contributed by atoms with E-state index in [0.717, 1.165) is 12.1 Å². The van der Waals surface area contributed by atoms with Crippen molar-refractivity contribution in [3.63, 3.8) is 0 Å². The summed E-state index contributed by atoms with van der Waals surface area (Å²) in [4.78, 5) is 0. The minimum atomic E-state index is -0.838. The smallest absolute Gasteiger partial charge is 0.150 e. The topological polar surface area (TPSA) is 56.0 Å². The summed E-state index contributed by atoms with van der Waals surface area (Å²) >= 11 is 0. The molecule has 0 atom stereocenters.